The molecule has 3 aromatic rings. The standard InChI is InChI=1S/C26H23N3O5S/c1-15(2)34-18-8-6-7-16(13-18)23(30)28-26(35)27-17-11-12-21(22(14-17)33-3)29-24(31)19-9-4-5-10-20(19)25(29)32/h4-15H,1-3H3,(H2,27,28,30,35). The van der Waals surface area contributed by atoms with Crippen molar-refractivity contribution in [3.63, 3.8) is 0 Å². The summed E-state index contributed by atoms with van der Waals surface area (Å²) in [6.45, 7) is 3.80. The predicted octanol–water partition coefficient (Wildman–Crippen LogP) is 4.41. The zero-order valence-corrected chi connectivity index (χ0v) is 20.1. The zero-order chi connectivity index (χ0) is 25.1. The molecule has 35 heavy (non-hydrogen) atoms. The molecular weight excluding hydrogens is 466 g/mol. The summed E-state index contributed by atoms with van der Waals surface area (Å²) >= 11 is 5.29. The fraction of sp³-hybridized carbons (Fsp3) is 0.154. The molecule has 9 heteroatoms. The molecule has 8 nitrogen and oxygen atoms in total. The summed E-state index contributed by atoms with van der Waals surface area (Å²) in [7, 11) is 1.44. The Balaban J connectivity index is 1.47. The monoisotopic (exact) mass is 489 g/mol. The van der Waals surface area contributed by atoms with Gasteiger partial charge in [0.15, 0.2) is 5.11 Å². The first kappa shape index (κ1) is 23.9. The number of anilines is 2. The molecule has 1 aliphatic rings. The Morgan fingerprint density at radius 1 is 0.943 bits per heavy atom. The lowest BCUT2D eigenvalue weighted by Crippen LogP contribution is -2.34. The second kappa shape index (κ2) is 9.94. The number of imide groups is 1. The number of nitrogens with one attached hydrogen (secondary N) is 2. The van der Waals surface area contributed by atoms with E-state index in [1.54, 1.807) is 66.7 Å². The number of rotatable bonds is 6. The highest BCUT2D eigenvalue weighted by Gasteiger charge is 2.37. The molecule has 0 saturated carbocycles. The molecule has 4 rings (SSSR count). The van der Waals surface area contributed by atoms with E-state index in [2.05, 4.69) is 10.6 Å². The molecule has 3 aromatic carbocycles. The van der Waals surface area contributed by atoms with Gasteiger partial charge in [-0.1, -0.05) is 18.2 Å². The van der Waals surface area contributed by atoms with E-state index in [-0.39, 0.29) is 17.0 Å². The Kier molecular flexibility index (Phi) is 6.79. The molecule has 0 aliphatic carbocycles. The highest BCUT2D eigenvalue weighted by molar-refractivity contribution is 7.80. The summed E-state index contributed by atoms with van der Waals surface area (Å²) < 4.78 is 11.1. The van der Waals surface area contributed by atoms with Crippen LogP contribution in [0.3, 0.4) is 0 Å². The number of hydrogen-bond acceptors (Lipinski definition) is 6. The van der Waals surface area contributed by atoms with Crippen LogP contribution in [-0.2, 0) is 0 Å². The first-order valence-corrected chi connectivity index (χ1v) is 11.2. The minimum Gasteiger partial charge on any atom is -0.494 e. The van der Waals surface area contributed by atoms with Gasteiger partial charge in [-0.2, -0.15) is 0 Å². The average Bonchev–Trinajstić information content (AvgIpc) is 3.08. The lowest BCUT2D eigenvalue weighted by atomic mass is 10.1. The van der Waals surface area contributed by atoms with Crippen LogP contribution in [-0.4, -0.2) is 36.0 Å². The lowest BCUT2D eigenvalue weighted by Gasteiger charge is -2.19. The molecule has 0 saturated heterocycles. The number of amides is 3. The highest BCUT2D eigenvalue weighted by atomic mass is 32.1. The Hall–Kier alpha value is -4.24. The van der Waals surface area contributed by atoms with E-state index in [1.807, 2.05) is 13.8 Å². The lowest BCUT2D eigenvalue weighted by molar-refractivity contribution is 0.0922. The fourth-order valence-corrected chi connectivity index (χ4v) is 3.88. The number of carbonyl (C=O) groups excluding carboxylic acids is 3. The molecule has 0 spiro atoms. The van der Waals surface area contributed by atoms with Crippen LogP contribution in [0.4, 0.5) is 11.4 Å². The van der Waals surface area contributed by atoms with Gasteiger partial charge in [-0.25, -0.2) is 4.90 Å². The molecule has 178 valence electrons. The summed E-state index contributed by atoms with van der Waals surface area (Å²) in [4.78, 5) is 39.4. The number of ether oxygens (including phenoxy) is 2. The fourth-order valence-electron chi connectivity index (χ4n) is 3.67. The van der Waals surface area contributed by atoms with E-state index in [0.29, 0.717) is 33.8 Å². The third-order valence-electron chi connectivity index (χ3n) is 5.17. The van der Waals surface area contributed by atoms with E-state index in [1.165, 1.54) is 7.11 Å². The van der Waals surface area contributed by atoms with E-state index in [4.69, 9.17) is 21.7 Å². The molecular formula is C26H23N3O5S. The molecule has 1 heterocycles. The van der Waals surface area contributed by atoms with Crippen molar-refractivity contribution in [3.8, 4) is 11.5 Å². The minimum atomic E-state index is -0.420. The second-order valence-electron chi connectivity index (χ2n) is 7.98. The Labute approximate surface area is 207 Å². The van der Waals surface area contributed by atoms with E-state index < -0.39 is 17.7 Å². The minimum absolute atomic E-state index is 0.0191. The maximum Gasteiger partial charge on any atom is 0.266 e. The van der Waals surface area contributed by atoms with Gasteiger partial charge in [0.1, 0.15) is 11.5 Å². The average molecular weight is 490 g/mol. The van der Waals surface area contributed by atoms with Crippen molar-refractivity contribution in [3.05, 3.63) is 83.4 Å². The van der Waals surface area contributed by atoms with Crippen molar-refractivity contribution in [2.24, 2.45) is 0 Å². The summed E-state index contributed by atoms with van der Waals surface area (Å²) in [5.74, 6) is -0.365. The van der Waals surface area contributed by atoms with Gasteiger partial charge >= 0.3 is 0 Å². The highest BCUT2D eigenvalue weighted by Crippen LogP contribution is 2.36. The van der Waals surface area contributed by atoms with Crippen LogP contribution < -0.4 is 25.0 Å². The number of carbonyl (C=O) groups is 3. The van der Waals surface area contributed by atoms with Gasteiger partial charge in [-0.15, -0.1) is 0 Å². The summed E-state index contributed by atoms with van der Waals surface area (Å²) in [6.07, 6.45) is -0.0191. The maximum absolute atomic E-state index is 12.8. The van der Waals surface area contributed by atoms with Crippen LogP contribution in [0.5, 0.6) is 11.5 Å². The number of thiocarbonyl (C=S) groups is 1. The smallest absolute Gasteiger partial charge is 0.266 e. The first-order chi connectivity index (χ1) is 16.8. The van der Waals surface area contributed by atoms with Gasteiger partial charge in [0.25, 0.3) is 17.7 Å². The topological polar surface area (TPSA) is 97.0 Å². The van der Waals surface area contributed by atoms with Crippen molar-refractivity contribution in [2.75, 3.05) is 17.3 Å². The van der Waals surface area contributed by atoms with Crippen LogP contribution in [0.1, 0.15) is 44.9 Å². The second-order valence-corrected chi connectivity index (χ2v) is 8.39. The normalized spacial score (nSPS) is 12.4. The van der Waals surface area contributed by atoms with Gasteiger partial charge in [0, 0.05) is 17.3 Å². The predicted molar refractivity (Wildman–Crippen MR) is 136 cm³/mol. The molecule has 1 aliphatic heterocycles. The number of hydrogen-bond donors (Lipinski definition) is 2. The van der Waals surface area contributed by atoms with Crippen molar-refractivity contribution in [1.29, 1.82) is 0 Å². The molecule has 2 N–H and O–H groups in total. The number of methoxy groups -OCH3 is 1. The Morgan fingerprint density at radius 3 is 2.26 bits per heavy atom. The van der Waals surface area contributed by atoms with Crippen LogP contribution in [0.2, 0.25) is 0 Å². The van der Waals surface area contributed by atoms with E-state index >= 15 is 0 Å². The molecule has 0 atom stereocenters. The molecule has 0 unspecified atom stereocenters. The molecule has 0 radical (unpaired) electrons. The first-order valence-electron chi connectivity index (χ1n) is 10.8. The SMILES string of the molecule is COc1cc(NC(=S)NC(=O)c2cccc(OC(C)C)c2)ccc1N1C(=O)c2ccccc2C1=O. The third kappa shape index (κ3) is 4.99. The van der Waals surface area contributed by atoms with Crippen LogP contribution in [0, 0.1) is 0 Å². The van der Waals surface area contributed by atoms with Gasteiger partial charge < -0.3 is 14.8 Å². The molecule has 0 fully saturated rings. The maximum atomic E-state index is 12.8. The Bertz CT molecular complexity index is 1300. The Morgan fingerprint density at radius 2 is 1.63 bits per heavy atom. The number of nitrogens with zero attached hydrogens (tertiary/aromatic N) is 1. The van der Waals surface area contributed by atoms with Crippen molar-refractivity contribution in [2.45, 2.75) is 20.0 Å². The van der Waals surface area contributed by atoms with Crippen LogP contribution >= 0.6 is 12.2 Å². The quantitative estimate of drug-likeness (QED) is 0.391. The molecule has 0 aromatic heterocycles. The van der Waals surface area contributed by atoms with E-state index in [0.717, 1.165) is 4.90 Å². The number of benzene rings is 3. The van der Waals surface area contributed by atoms with Crippen molar-refractivity contribution >= 4 is 46.4 Å². The largest absolute Gasteiger partial charge is 0.494 e. The van der Waals surface area contributed by atoms with Crippen molar-refractivity contribution in [1.82, 2.24) is 5.32 Å². The molecule has 3 amide bonds. The summed E-state index contributed by atoms with van der Waals surface area (Å²) in [5, 5.41) is 5.62. The third-order valence-corrected chi connectivity index (χ3v) is 5.37. The molecule has 0 bridgehead atoms. The summed E-state index contributed by atoms with van der Waals surface area (Å²) in [5.41, 5.74) is 1.89. The van der Waals surface area contributed by atoms with Gasteiger partial charge in [-0.3, -0.25) is 19.7 Å². The zero-order valence-electron chi connectivity index (χ0n) is 19.3. The van der Waals surface area contributed by atoms with E-state index in [9.17, 15) is 14.4 Å². The number of fused-ring (bicyclic) bond motifs is 1. The van der Waals surface area contributed by atoms with Gasteiger partial charge in [0.05, 0.1) is 30.0 Å². The van der Waals surface area contributed by atoms with Gasteiger partial charge in [0.2, 0.25) is 0 Å². The van der Waals surface area contributed by atoms with Gasteiger partial charge in [-0.05, 0) is 68.5 Å². The van der Waals surface area contributed by atoms with Crippen LogP contribution in [0.25, 0.3) is 0 Å². The van der Waals surface area contributed by atoms with Crippen molar-refractivity contribution < 1.29 is 23.9 Å². The van der Waals surface area contributed by atoms with Crippen LogP contribution in [0.15, 0.2) is 66.7 Å². The summed E-state index contributed by atoms with van der Waals surface area (Å²) in [6, 6.07) is 18.3.